The normalized spacial score (nSPS) is 10.7. The van der Waals surface area contributed by atoms with Gasteiger partial charge in [-0.15, -0.1) is 11.3 Å². The summed E-state index contributed by atoms with van der Waals surface area (Å²) in [6.45, 7) is 0.569. The zero-order chi connectivity index (χ0) is 13.3. The molecule has 0 aliphatic heterocycles. The maximum atomic E-state index is 13.1. The Hall–Kier alpha value is 0.190. The SMILES string of the molecule is Fc1cc(Cl)c(NCc2cc(Br)c(Cl)s2)c(Br)c1. The molecule has 0 amide bonds. The standard InChI is InChI=1S/C11H6Br2Cl2FNS/c12-7-1-5(16)2-9(14)10(7)17-4-6-3-8(13)11(15)18-6/h1-3,17H,4H2. The Bertz CT molecular complexity index is 546. The van der Waals surface area contributed by atoms with Crippen LogP contribution in [0.4, 0.5) is 10.1 Å². The lowest BCUT2D eigenvalue weighted by molar-refractivity contribution is 0.627. The topological polar surface area (TPSA) is 12.0 Å². The van der Waals surface area contributed by atoms with Gasteiger partial charge in [0.05, 0.1) is 10.7 Å². The van der Waals surface area contributed by atoms with Crippen molar-refractivity contribution >= 4 is 72.1 Å². The summed E-state index contributed by atoms with van der Waals surface area (Å²) in [4.78, 5) is 1.05. The van der Waals surface area contributed by atoms with Gasteiger partial charge >= 0.3 is 0 Å². The van der Waals surface area contributed by atoms with Crippen molar-refractivity contribution in [1.29, 1.82) is 0 Å². The van der Waals surface area contributed by atoms with E-state index in [0.29, 0.717) is 26.1 Å². The summed E-state index contributed by atoms with van der Waals surface area (Å²) in [5.41, 5.74) is 0.665. The van der Waals surface area contributed by atoms with Crippen LogP contribution in [-0.2, 0) is 6.54 Å². The molecule has 1 aromatic carbocycles. The van der Waals surface area contributed by atoms with E-state index in [0.717, 1.165) is 9.35 Å². The molecule has 1 aromatic heterocycles. The first kappa shape index (κ1) is 14.6. The van der Waals surface area contributed by atoms with E-state index in [1.807, 2.05) is 6.07 Å². The second kappa shape index (κ2) is 6.09. The summed E-state index contributed by atoms with van der Waals surface area (Å²) in [6, 6.07) is 4.57. The van der Waals surface area contributed by atoms with Crippen molar-refractivity contribution < 1.29 is 4.39 Å². The first-order chi connectivity index (χ1) is 8.47. The molecule has 0 fully saturated rings. The molecular weight excluding hydrogens is 428 g/mol. The van der Waals surface area contributed by atoms with Crippen molar-refractivity contribution in [3.8, 4) is 0 Å². The zero-order valence-corrected chi connectivity index (χ0v) is 14.2. The van der Waals surface area contributed by atoms with E-state index in [9.17, 15) is 4.39 Å². The average molecular weight is 434 g/mol. The molecular formula is C11H6Br2Cl2FNS. The Morgan fingerprint density at radius 2 is 1.89 bits per heavy atom. The van der Waals surface area contributed by atoms with Gasteiger partial charge in [-0.05, 0) is 50.1 Å². The molecule has 7 heteroatoms. The van der Waals surface area contributed by atoms with Crippen LogP contribution in [0, 0.1) is 5.82 Å². The van der Waals surface area contributed by atoms with Gasteiger partial charge in [0.15, 0.2) is 0 Å². The molecule has 18 heavy (non-hydrogen) atoms. The van der Waals surface area contributed by atoms with Gasteiger partial charge in [-0.1, -0.05) is 23.2 Å². The summed E-state index contributed by atoms with van der Waals surface area (Å²) in [6.07, 6.45) is 0. The highest BCUT2D eigenvalue weighted by Crippen LogP contribution is 2.35. The largest absolute Gasteiger partial charge is 0.378 e. The number of halogens is 5. The van der Waals surface area contributed by atoms with Gasteiger partial charge in [0.1, 0.15) is 10.2 Å². The Morgan fingerprint density at radius 1 is 1.17 bits per heavy atom. The Morgan fingerprint density at radius 3 is 2.44 bits per heavy atom. The van der Waals surface area contributed by atoms with Crippen LogP contribution < -0.4 is 5.32 Å². The van der Waals surface area contributed by atoms with E-state index in [1.54, 1.807) is 0 Å². The highest BCUT2D eigenvalue weighted by molar-refractivity contribution is 9.11. The summed E-state index contributed by atoms with van der Waals surface area (Å²) in [7, 11) is 0. The third-order valence-corrected chi connectivity index (χ3v) is 5.54. The van der Waals surface area contributed by atoms with Crippen molar-refractivity contribution in [2.24, 2.45) is 0 Å². The number of hydrogen-bond acceptors (Lipinski definition) is 2. The first-order valence-electron chi connectivity index (χ1n) is 4.79. The third kappa shape index (κ3) is 3.39. The maximum Gasteiger partial charge on any atom is 0.125 e. The van der Waals surface area contributed by atoms with Gasteiger partial charge < -0.3 is 5.32 Å². The predicted molar refractivity (Wildman–Crippen MR) is 83.5 cm³/mol. The molecule has 0 aliphatic carbocycles. The Labute approximate surface area is 135 Å². The smallest absolute Gasteiger partial charge is 0.125 e. The molecule has 2 rings (SSSR count). The molecule has 0 saturated heterocycles. The van der Waals surface area contributed by atoms with Crippen molar-refractivity contribution in [3.63, 3.8) is 0 Å². The van der Waals surface area contributed by atoms with Crippen molar-refractivity contribution in [2.45, 2.75) is 6.54 Å². The molecule has 1 heterocycles. The third-order valence-electron chi connectivity index (χ3n) is 2.14. The second-order valence-electron chi connectivity index (χ2n) is 3.43. The average Bonchev–Trinajstić information content (AvgIpc) is 2.56. The minimum Gasteiger partial charge on any atom is -0.378 e. The quantitative estimate of drug-likeness (QED) is 0.596. The van der Waals surface area contributed by atoms with Gasteiger partial charge in [0, 0.05) is 20.4 Å². The lowest BCUT2D eigenvalue weighted by Gasteiger charge is -2.09. The van der Waals surface area contributed by atoms with Crippen LogP contribution in [0.3, 0.4) is 0 Å². The second-order valence-corrected chi connectivity index (χ2v) is 7.29. The molecule has 0 unspecified atom stereocenters. The van der Waals surface area contributed by atoms with Crippen LogP contribution in [0.1, 0.15) is 4.88 Å². The monoisotopic (exact) mass is 431 g/mol. The van der Waals surface area contributed by atoms with Crippen LogP contribution >= 0.6 is 66.4 Å². The van der Waals surface area contributed by atoms with Gasteiger partial charge in [0.25, 0.3) is 0 Å². The number of nitrogens with one attached hydrogen (secondary N) is 1. The fourth-order valence-corrected chi connectivity index (χ4v) is 4.05. The highest BCUT2D eigenvalue weighted by atomic mass is 79.9. The molecule has 0 atom stereocenters. The van der Waals surface area contributed by atoms with E-state index in [2.05, 4.69) is 37.2 Å². The first-order valence-corrected chi connectivity index (χ1v) is 7.95. The minimum atomic E-state index is -0.376. The highest BCUT2D eigenvalue weighted by Gasteiger charge is 2.09. The number of hydrogen-bond donors (Lipinski definition) is 1. The minimum absolute atomic E-state index is 0.337. The van der Waals surface area contributed by atoms with E-state index >= 15 is 0 Å². The molecule has 96 valence electrons. The predicted octanol–water partition coefficient (Wildman–Crippen LogP) is 6.33. The van der Waals surface area contributed by atoms with Crippen LogP contribution in [0.25, 0.3) is 0 Å². The van der Waals surface area contributed by atoms with E-state index in [-0.39, 0.29) is 5.82 Å². The zero-order valence-electron chi connectivity index (χ0n) is 8.74. The molecule has 0 spiro atoms. The van der Waals surface area contributed by atoms with E-state index < -0.39 is 0 Å². The number of anilines is 1. The molecule has 2 aromatic rings. The Balaban J connectivity index is 2.15. The van der Waals surface area contributed by atoms with Crippen molar-refractivity contribution in [2.75, 3.05) is 5.32 Å². The van der Waals surface area contributed by atoms with Gasteiger partial charge in [-0.3, -0.25) is 0 Å². The molecule has 0 radical (unpaired) electrons. The van der Waals surface area contributed by atoms with Crippen molar-refractivity contribution in [3.05, 3.63) is 47.2 Å². The van der Waals surface area contributed by atoms with Gasteiger partial charge in [0.2, 0.25) is 0 Å². The Kier molecular flexibility index (Phi) is 4.94. The van der Waals surface area contributed by atoms with Crippen molar-refractivity contribution in [1.82, 2.24) is 0 Å². The number of thiophene rings is 1. The van der Waals surface area contributed by atoms with Crippen LogP contribution in [0.2, 0.25) is 9.36 Å². The molecule has 1 nitrogen and oxygen atoms in total. The van der Waals surface area contributed by atoms with Gasteiger partial charge in [-0.25, -0.2) is 4.39 Å². The molecule has 0 aliphatic rings. The lowest BCUT2D eigenvalue weighted by atomic mass is 10.3. The fourth-order valence-electron chi connectivity index (χ4n) is 1.37. The molecule has 0 saturated carbocycles. The summed E-state index contributed by atoms with van der Waals surface area (Å²) >= 11 is 20.0. The fraction of sp³-hybridized carbons (Fsp3) is 0.0909. The molecule has 1 N–H and O–H groups in total. The van der Waals surface area contributed by atoms with Gasteiger partial charge in [-0.2, -0.15) is 0 Å². The van der Waals surface area contributed by atoms with E-state index in [1.165, 1.54) is 23.5 Å². The van der Waals surface area contributed by atoms with E-state index in [4.69, 9.17) is 23.2 Å². The summed E-state index contributed by atoms with van der Waals surface area (Å²) in [5.74, 6) is -0.376. The molecule has 0 bridgehead atoms. The van der Waals surface area contributed by atoms with Crippen LogP contribution in [0.15, 0.2) is 27.1 Å². The summed E-state index contributed by atoms with van der Waals surface area (Å²) < 4.78 is 15.2. The number of benzene rings is 1. The number of rotatable bonds is 3. The summed E-state index contributed by atoms with van der Waals surface area (Å²) in [5, 5.41) is 3.49. The maximum absolute atomic E-state index is 13.1. The lowest BCUT2D eigenvalue weighted by Crippen LogP contribution is -1.99. The van der Waals surface area contributed by atoms with Crippen LogP contribution in [-0.4, -0.2) is 0 Å². The van der Waals surface area contributed by atoms with Crippen LogP contribution in [0.5, 0.6) is 0 Å².